The molecule has 228 valence electrons. The highest BCUT2D eigenvalue weighted by molar-refractivity contribution is 7.92. The number of benzene rings is 2. The van der Waals surface area contributed by atoms with Gasteiger partial charge in [-0.15, -0.1) is 11.3 Å². The summed E-state index contributed by atoms with van der Waals surface area (Å²) in [5.41, 5.74) is 5.45. The zero-order valence-corrected chi connectivity index (χ0v) is 26.8. The van der Waals surface area contributed by atoms with Crippen molar-refractivity contribution >= 4 is 51.1 Å². The number of anilines is 2. The lowest BCUT2D eigenvalue weighted by molar-refractivity contribution is 0.130. The summed E-state index contributed by atoms with van der Waals surface area (Å²) in [4.78, 5) is 21.3. The number of hydrogen-bond donors (Lipinski definition) is 4. The first-order chi connectivity index (χ1) is 20.4. The number of ether oxygens (including phenoxy) is 1. The van der Waals surface area contributed by atoms with Gasteiger partial charge in [0.2, 0.25) is 10.0 Å². The molecule has 4 N–H and O–H groups in total. The lowest BCUT2D eigenvalue weighted by atomic mass is 10.1. The fourth-order valence-electron chi connectivity index (χ4n) is 3.77. The third-order valence-corrected chi connectivity index (χ3v) is 8.77. The smallest absolute Gasteiger partial charge is 0.411 e. The van der Waals surface area contributed by atoms with E-state index in [4.69, 9.17) is 9.02 Å². The van der Waals surface area contributed by atoms with Crippen molar-refractivity contribution in [2.75, 3.05) is 10.8 Å². The molecule has 4 rings (SSSR count). The van der Waals surface area contributed by atoms with Gasteiger partial charge in [-0.25, -0.2) is 27.6 Å². The number of nitrogens with zero attached hydrogens (tertiary/aromatic N) is 2. The van der Waals surface area contributed by atoms with Crippen LogP contribution >= 0.6 is 23.6 Å². The van der Waals surface area contributed by atoms with Crippen LogP contribution in [0.4, 0.5) is 16.2 Å². The van der Waals surface area contributed by atoms with E-state index in [1.165, 1.54) is 17.4 Å². The second-order valence-corrected chi connectivity index (χ2v) is 14.0. The fourth-order valence-corrected chi connectivity index (χ4v) is 6.89. The van der Waals surface area contributed by atoms with Crippen LogP contribution in [0.15, 0.2) is 78.1 Å². The lowest BCUT2D eigenvalue weighted by Crippen LogP contribution is -2.40. The van der Waals surface area contributed by atoms with Crippen molar-refractivity contribution in [3.8, 4) is 21.0 Å². The maximum Gasteiger partial charge on any atom is 0.411 e. The van der Waals surface area contributed by atoms with E-state index in [1.54, 1.807) is 77.5 Å². The van der Waals surface area contributed by atoms with E-state index < -0.39 is 21.7 Å². The van der Waals surface area contributed by atoms with Crippen LogP contribution in [0.3, 0.4) is 0 Å². The second kappa shape index (κ2) is 14.3. The highest BCUT2D eigenvalue weighted by Crippen LogP contribution is 2.37. The van der Waals surface area contributed by atoms with Gasteiger partial charge in [0.15, 0.2) is 0 Å². The summed E-state index contributed by atoms with van der Waals surface area (Å²) in [5, 5.41) is 3.38. The predicted molar refractivity (Wildman–Crippen MR) is 172 cm³/mol. The summed E-state index contributed by atoms with van der Waals surface area (Å²) in [6.07, 6.45) is 4.36. The Morgan fingerprint density at radius 2 is 1.79 bits per heavy atom. The highest BCUT2D eigenvalue weighted by atomic mass is 32.2. The minimum absolute atomic E-state index is 0.0859. The minimum Gasteiger partial charge on any atom is -0.447 e. The topological polar surface area (TPSA) is 144 Å². The Kier molecular flexibility index (Phi) is 10.8. The van der Waals surface area contributed by atoms with Gasteiger partial charge >= 0.3 is 6.09 Å². The molecule has 14 heteroatoms. The van der Waals surface area contributed by atoms with Crippen molar-refractivity contribution in [1.82, 2.24) is 19.4 Å². The first-order valence-corrected chi connectivity index (χ1v) is 16.4. The quantitative estimate of drug-likeness (QED) is 0.0577. The molecule has 0 saturated carbocycles. The Labute approximate surface area is 260 Å². The molecule has 11 nitrogen and oxygen atoms in total. The third kappa shape index (κ3) is 9.74. The number of pyridine rings is 1. The summed E-state index contributed by atoms with van der Waals surface area (Å²) < 4.78 is 43.4. The van der Waals surface area contributed by atoms with Gasteiger partial charge in [-0.3, -0.25) is 15.8 Å². The van der Waals surface area contributed by atoms with E-state index in [9.17, 15) is 13.2 Å². The molecule has 0 atom stereocenters. The molecule has 0 unspecified atom stereocenters. The summed E-state index contributed by atoms with van der Waals surface area (Å²) in [6.45, 7) is 9.44. The fraction of sp³-hybridized carbons (Fsp3) is 0.276. The molecule has 2 aromatic heterocycles. The minimum atomic E-state index is -3.92. The molecule has 2 aromatic carbocycles. The first-order valence-electron chi connectivity index (χ1n) is 13.3. The second-order valence-electron chi connectivity index (χ2n) is 10.7. The Hall–Kier alpha value is -3.53. The van der Waals surface area contributed by atoms with E-state index in [0.717, 1.165) is 23.4 Å². The standard InChI is InChI=1S/C29H34N6O5S3/c1-19(2)39-28(36)33-22-10-8-21(9-11-22)27-31-18-25(41-27)24-13-12-23(15-26(24)43(37,38)35-29(3,4)5)34-40-42-32-17-20-7-6-14-30-16-20/h6-16,18-19,32,34-35H,17H2,1-5H3,(H,33,36). The average molecular weight is 643 g/mol. The average Bonchev–Trinajstić information content (AvgIpc) is 3.42. The molecule has 0 fully saturated rings. The van der Waals surface area contributed by atoms with Crippen LogP contribution < -0.4 is 20.2 Å². The Bertz CT molecular complexity index is 1620. The number of carbonyl (C=O) groups excluding carboxylic acids is 1. The molecule has 0 aliphatic rings. The Morgan fingerprint density at radius 1 is 1.05 bits per heavy atom. The van der Waals surface area contributed by atoms with Crippen LogP contribution in [-0.4, -0.2) is 36.1 Å². The van der Waals surface area contributed by atoms with Crippen molar-refractivity contribution in [2.24, 2.45) is 0 Å². The maximum atomic E-state index is 13.5. The molecule has 0 radical (unpaired) electrons. The maximum absolute atomic E-state index is 13.5. The highest BCUT2D eigenvalue weighted by Gasteiger charge is 2.26. The third-order valence-electron chi connectivity index (χ3n) is 5.46. The van der Waals surface area contributed by atoms with Gasteiger partial charge in [-0.05, 0) is 88.7 Å². The first kappa shape index (κ1) is 32.4. The van der Waals surface area contributed by atoms with E-state index >= 15 is 0 Å². The number of nitrogens with one attached hydrogen (secondary N) is 4. The van der Waals surface area contributed by atoms with E-state index in [-0.39, 0.29) is 11.0 Å². The number of aromatic nitrogens is 2. The Morgan fingerprint density at radius 3 is 2.47 bits per heavy atom. The van der Waals surface area contributed by atoms with Gasteiger partial charge in [0.05, 0.1) is 21.6 Å². The molecule has 43 heavy (non-hydrogen) atoms. The van der Waals surface area contributed by atoms with Crippen LogP contribution in [0.2, 0.25) is 0 Å². The number of carbonyl (C=O) groups is 1. The van der Waals surface area contributed by atoms with Crippen LogP contribution in [0.25, 0.3) is 21.0 Å². The number of rotatable bonds is 12. The van der Waals surface area contributed by atoms with E-state index in [0.29, 0.717) is 33.4 Å². The number of amides is 1. The van der Waals surface area contributed by atoms with Crippen molar-refractivity contribution in [2.45, 2.75) is 57.7 Å². The van der Waals surface area contributed by atoms with Crippen molar-refractivity contribution < 1.29 is 22.2 Å². The molecule has 4 aromatic rings. The molecular formula is C29H34N6O5S3. The normalized spacial score (nSPS) is 11.9. The molecule has 1 amide bonds. The van der Waals surface area contributed by atoms with Gasteiger partial charge in [-0.1, -0.05) is 6.07 Å². The molecule has 0 saturated heterocycles. The monoisotopic (exact) mass is 642 g/mol. The molecule has 2 heterocycles. The SMILES string of the molecule is CC(C)OC(=O)Nc1ccc(-c2ncc(-c3ccc(NOSNCc4cccnc4)cc3S(=O)(=O)NC(C)(C)C)s2)cc1. The largest absolute Gasteiger partial charge is 0.447 e. The summed E-state index contributed by atoms with van der Waals surface area (Å²) in [5.74, 6) is 0. The van der Waals surface area contributed by atoms with E-state index in [1.807, 2.05) is 24.3 Å². The van der Waals surface area contributed by atoms with Crippen LogP contribution in [0, 0.1) is 0 Å². The zero-order chi connectivity index (χ0) is 31.0. The number of hydrogen-bond acceptors (Lipinski definition) is 11. The number of sulfonamides is 1. The van der Waals surface area contributed by atoms with Crippen LogP contribution in [0.5, 0.6) is 0 Å². The predicted octanol–water partition coefficient (Wildman–Crippen LogP) is 6.60. The van der Waals surface area contributed by atoms with Crippen molar-refractivity contribution in [1.29, 1.82) is 0 Å². The molecule has 0 aliphatic carbocycles. The van der Waals surface area contributed by atoms with Gasteiger partial charge < -0.3 is 4.74 Å². The summed E-state index contributed by atoms with van der Waals surface area (Å²) in [6, 6.07) is 16.0. The van der Waals surface area contributed by atoms with Gasteiger partial charge in [0.1, 0.15) is 17.2 Å². The zero-order valence-electron chi connectivity index (χ0n) is 24.4. The molecule has 0 aliphatic heterocycles. The number of thiazole rings is 1. The molecule has 0 bridgehead atoms. The van der Waals surface area contributed by atoms with Crippen molar-refractivity contribution in [3.05, 3.63) is 78.8 Å². The van der Waals surface area contributed by atoms with Crippen LogP contribution in [-0.2, 0) is 25.6 Å². The van der Waals surface area contributed by atoms with Gasteiger partial charge in [-0.2, -0.15) is 4.28 Å². The molecule has 0 spiro atoms. The summed E-state index contributed by atoms with van der Waals surface area (Å²) >= 11 is 2.34. The Balaban J connectivity index is 1.52. The molecular weight excluding hydrogens is 609 g/mol. The lowest BCUT2D eigenvalue weighted by Gasteiger charge is -2.22. The van der Waals surface area contributed by atoms with Gasteiger partial charge in [0, 0.05) is 47.5 Å². The van der Waals surface area contributed by atoms with Crippen molar-refractivity contribution in [3.63, 3.8) is 0 Å². The van der Waals surface area contributed by atoms with Gasteiger partial charge in [0.25, 0.3) is 0 Å². The van der Waals surface area contributed by atoms with E-state index in [2.05, 4.69) is 30.2 Å². The summed E-state index contributed by atoms with van der Waals surface area (Å²) in [7, 11) is -3.92. The van der Waals surface area contributed by atoms with Crippen LogP contribution in [0.1, 0.15) is 40.2 Å².